The van der Waals surface area contributed by atoms with Crippen molar-refractivity contribution in [2.24, 2.45) is 5.10 Å². The van der Waals surface area contributed by atoms with Crippen molar-refractivity contribution in [3.8, 4) is 0 Å². The summed E-state index contributed by atoms with van der Waals surface area (Å²) in [6, 6.07) is 15.8. The van der Waals surface area contributed by atoms with E-state index in [1.807, 2.05) is 48.7 Å². The van der Waals surface area contributed by atoms with Gasteiger partial charge in [0.2, 0.25) is 4.77 Å². The standard InChI is InChI=1S/C20H16ClN5OS/c1-13-19(27)26(20(28)24-23-13)22-10-15-12-25(18-5-3-2-4-17(15)18)11-14-6-8-16(21)9-7-14/h2-10,12H,11H2,1H3,(H,24,28)/b22-10+. The van der Waals surface area contributed by atoms with Gasteiger partial charge in [0.25, 0.3) is 5.56 Å². The predicted molar refractivity (Wildman–Crippen MR) is 114 cm³/mol. The molecule has 1 N–H and O–H groups in total. The van der Waals surface area contributed by atoms with Gasteiger partial charge in [0.1, 0.15) is 5.69 Å². The molecule has 2 heterocycles. The van der Waals surface area contributed by atoms with Gasteiger partial charge in [-0.2, -0.15) is 14.9 Å². The molecule has 0 amide bonds. The molecule has 0 radical (unpaired) electrons. The minimum absolute atomic E-state index is 0.150. The summed E-state index contributed by atoms with van der Waals surface area (Å²) in [5, 5.41) is 12.5. The predicted octanol–water partition coefficient (Wildman–Crippen LogP) is 4.15. The first kappa shape index (κ1) is 18.3. The van der Waals surface area contributed by atoms with Crippen molar-refractivity contribution in [1.82, 2.24) is 19.4 Å². The minimum Gasteiger partial charge on any atom is -0.342 e. The maximum Gasteiger partial charge on any atom is 0.296 e. The lowest BCUT2D eigenvalue weighted by Gasteiger charge is -2.05. The van der Waals surface area contributed by atoms with Gasteiger partial charge in [0.05, 0.1) is 6.21 Å². The van der Waals surface area contributed by atoms with Gasteiger partial charge >= 0.3 is 0 Å². The zero-order valence-corrected chi connectivity index (χ0v) is 16.5. The van der Waals surface area contributed by atoms with Crippen LogP contribution in [0.1, 0.15) is 16.8 Å². The van der Waals surface area contributed by atoms with E-state index in [-0.39, 0.29) is 10.3 Å². The van der Waals surface area contributed by atoms with E-state index < -0.39 is 0 Å². The summed E-state index contributed by atoms with van der Waals surface area (Å²) >= 11 is 11.1. The molecule has 0 aliphatic heterocycles. The highest BCUT2D eigenvalue weighted by atomic mass is 35.5. The molecular formula is C20H16ClN5OS. The molecule has 8 heteroatoms. The molecule has 0 saturated carbocycles. The first-order valence-corrected chi connectivity index (χ1v) is 9.36. The molecule has 28 heavy (non-hydrogen) atoms. The van der Waals surface area contributed by atoms with Crippen LogP contribution in [0.5, 0.6) is 0 Å². The maximum absolute atomic E-state index is 12.2. The molecule has 2 aromatic carbocycles. The Morgan fingerprint density at radius 1 is 1.21 bits per heavy atom. The third-order valence-corrected chi connectivity index (χ3v) is 4.93. The topological polar surface area (TPSA) is 68.0 Å². The van der Waals surface area contributed by atoms with Gasteiger partial charge in [-0.05, 0) is 42.9 Å². The van der Waals surface area contributed by atoms with Crippen LogP contribution in [-0.4, -0.2) is 25.7 Å². The van der Waals surface area contributed by atoms with Crippen molar-refractivity contribution in [3.63, 3.8) is 0 Å². The first-order chi connectivity index (χ1) is 13.5. The van der Waals surface area contributed by atoms with Crippen LogP contribution in [0.3, 0.4) is 0 Å². The summed E-state index contributed by atoms with van der Waals surface area (Å²) in [6.07, 6.45) is 3.65. The number of nitrogens with zero attached hydrogens (tertiary/aromatic N) is 4. The number of aromatic amines is 1. The van der Waals surface area contributed by atoms with Crippen molar-refractivity contribution in [2.45, 2.75) is 13.5 Å². The van der Waals surface area contributed by atoms with Gasteiger partial charge in [0, 0.05) is 34.2 Å². The highest BCUT2D eigenvalue weighted by Gasteiger charge is 2.08. The second-order valence-corrected chi connectivity index (χ2v) is 7.15. The number of rotatable bonds is 4. The van der Waals surface area contributed by atoms with Crippen molar-refractivity contribution >= 4 is 40.9 Å². The van der Waals surface area contributed by atoms with Crippen LogP contribution >= 0.6 is 23.8 Å². The van der Waals surface area contributed by atoms with Gasteiger partial charge in [0.15, 0.2) is 0 Å². The van der Waals surface area contributed by atoms with Gasteiger partial charge in [-0.15, -0.1) is 0 Å². The normalized spacial score (nSPS) is 11.5. The average Bonchev–Trinajstić information content (AvgIpc) is 3.04. The van der Waals surface area contributed by atoms with Gasteiger partial charge in [-0.3, -0.25) is 9.89 Å². The Bertz CT molecular complexity index is 1300. The molecule has 6 nitrogen and oxygen atoms in total. The Labute approximate surface area is 170 Å². The van der Waals surface area contributed by atoms with E-state index in [0.29, 0.717) is 17.3 Å². The van der Waals surface area contributed by atoms with Crippen LogP contribution in [-0.2, 0) is 6.54 Å². The van der Waals surface area contributed by atoms with Crippen molar-refractivity contribution < 1.29 is 0 Å². The monoisotopic (exact) mass is 409 g/mol. The molecule has 2 aromatic heterocycles. The summed E-state index contributed by atoms with van der Waals surface area (Å²) in [5.41, 5.74) is 3.06. The smallest absolute Gasteiger partial charge is 0.296 e. The van der Waals surface area contributed by atoms with Gasteiger partial charge in [-0.1, -0.05) is 41.9 Å². The number of H-pyrrole nitrogens is 1. The zero-order chi connectivity index (χ0) is 19.7. The van der Waals surface area contributed by atoms with E-state index in [1.54, 1.807) is 13.1 Å². The number of halogens is 1. The van der Waals surface area contributed by atoms with Crippen LogP contribution in [0, 0.1) is 11.7 Å². The molecule has 4 rings (SSSR count). The Kier molecular flexibility index (Phi) is 4.93. The van der Waals surface area contributed by atoms with Crippen molar-refractivity contribution in [2.75, 3.05) is 0 Å². The number of fused-ring (bicyclic) bond motifs is 1. The highest BCUT2D eigenvalue weighted by Crippen LogP contribution is 2.22. The van der Waals surface area contributed by atoms with E-state index in [4.69, 9.17) is 23.8 Å². The fraction of sp³-hybridized carbons (Fsp3) is 0.100. The molecule has 0 aliphatic carbocycles. The summed E-state index contributed by atoms with van der Waals surface area (Å²) in [6.45, 7) is 2.30. The van der Waals surface area contributed by atoms with E-state index >= 15 is 0 Å². The van der Waals surface area contributed by atoms with Crippen molar-refractivity contribution in [1.29, 1.82) is 0 Å². The molecule has 0 saturated heterocycles. The van der Waals surface area contributed by atoms with Crippen LogP contribution in [0.4, 0.5) is 0 Å². The fourth-order valence-corrected chi connectivity index (χ4v) is 3.29. The first-order valence-electron chi connectivity index (χ1n) is 8.58. The summed E-state index contributed by atoms with van der Waals surface area (Å²) < 4.78 is 3.43. The molecule has 140 valence electrons. The van der Waals surface area contributed by atoms with E-state index in [9.17, 15) is 4.79 Å². The summed E-state index contributed by atoms with van der Waals surface area (Å²) in [4.78, 5) is 12.2. The summed E-state index contributed by atoms with van der Waals surface area (Å²) in [7, 11) is 0. The van der Waals surface area contributed by atoms with Crippen molar-refractivity contribution in [3.05, 3.63) is 91.7 Å². The second-order valence-electron chi connectivity index (χ2n) is 6.33. The Balaban J connectivity index is 1.76. The summed E-state index contributed by atoms with van der Waals surface area (Å²) in [5.74, 6) is 0. The Hall–Kier alpha value is -3.03. The number of aryl methyl sites for hydroxylation is 1. The fourth-order valence-electron chi connectivity index (χ4n) is 2.99. The zero-order valence-electron chi connectivity index (χ0n) is 15.0. The van der Waals surface area contributed by atoms with Crippen LogP contribution in [0.2, 0.25) is 5.02 Å². The molecule has 0 unspecified atom stereocenters. The Morgan fingerprint density at radius 2 is 1.96 bits per heavy atom. The number of nitrogens with one attached hydrogen (secondary N) is 1. The average molecular weight is 410 g/mol. The number of benzene rings is 2. The van der Waals surface area contributed by atoms with E-state index in [2.05, 4.69) is 25.9 Å². The lowest BCUT2D eigenvalue weighted by molar-refractivity contribution is 0.720. The number of hydrogen-bond donors (Lipinski definition) is 1. The lowest BCUT2D eigenvalue weighted by atomic mass is 10.2. The van der Waals surface area contributed by atoms with Gasteiger partial charge in [-0.25, -0.2) is 0 Å². The largest absolute Gasteiger partial charge is 0.342 e. The number of hydrogen-bond acceptors (Lipinski definition) is 4. The minimum atomic E-state index is -0.343. The Morgan fingerprint density at radius 3 is 2.75 bits per heavy atom. The molecular weight excluding hydrogens is 394 g/mol. The number of aromatic nitrogens is 4. The third kappa shape index (κ3) is 3.54. The molecule has 0 spiro atoms. The molecule has 4 aromatic rings. The maximum atomic E-state index is 12.2. The molecule has 0 aliphatic rings. The van der Waals surface area contributed by atoms with Crippen LogP contribution in [0.15, 0.2) is 64.6 Å². The number of para-hydroxylation sites is 1. The SMILES string of the molecule is Cc1n[nH]c(=S)n(/N=C/c2cn(Cc3ccc(Cl)cc3)c3ccccc23)c1=O. The molecule has 0 atom stereocenters. The van der Waals surface area contributed by atoms with Crippen LogP contribution < -0.4 is 5.56 Å². The van der Waals surface area contributed by atoms with Gasteiger partial charge < -0.3 is 4.57 Å². The molecule has 0 bridgehead atoms. The highest BCUT2D eigenvalue weighted by molar-refractivity contribution is 7.71. The lowest BCUT2D eigenvalue weighted by Crippen LogP contribution is -2.22. The van der Waals surface area contributed by atoms with E-state index in [0.717, 1.165) is 26.7 Å². The third-order valence-electron chi connectivity index (χ3n) is 4.41. The molecule has 0 fully saturated rings. The second kappa shape index (κ2) is 7.53. The van der Waals surface area contributed by atoms with E-state index in [1.165, 1.54) is 0 Å². The van der Waals surface area contributed by atoms with Crippen LogP contribution in [0.25, 0.3) is 10.9 Å². The quantitative estimate of drug-likeness (QED) is 0.406.